The summed E-state index contributed by atoms with van der Waals surface area (Å²) in [6.07, 6.45) is 3.46. The van der Waals surface area contributed by atoms with Crippen LogP contribution in [0.3, 0.4) is 0 Å². The standard InChI is InChI=1S/C20H24O2S/c1-12(2)16-9-15(10-17(13(3)4)20(16)22)6-7-18(21)19-8-14(5)11-23-19/h6-13,22H,1-5H3. The summed E-state index contributed by atoms with van der Waals surface area (Å²) in [6, 6.07) is 5.85. The normalized spacial score (nSPS) is 11.8. The SMILES string of the molecule is Cc1csc(C(=O)C=Cc2cc(C(C)C)c(O)c(C(C)C)c2)c1. The Kier molecular flexibility index (Phi) is 5.42. The summed E-state index contributed by atoms with van der Waals surface area (Å²) < 4.78 is 0. The van der Waals surface area contributed by atoms with Crippen molar-refractivity contribution in [3.8, 4) is 5.75 Å². The molecule has 122 valence electrons. The molecule has 0 saturated heterocycles. The van der Waals surface area contributed by atoms with Crippen LogP contribution in [0.1, 0.15) is 71.5 Å². The van der Waals surface area contributed by atoms with Crippen LogP contribution in [0.5, 0.6) is 5.75 Å². The molecule has 0 radical (unpaired) electrons. The largest absolute Gasteiger partial charge is 0.507 e. The first kappa shape index (κ1) is 17.5. The number of ketones is 1. The lowest BCUT2D eigenvalue weighted by atomic mass is 9.91. The van der Waals surface area contributed by atoms with E-state index in [2.05, 4.69) is 27.7 Å². The minimum absolute atomic E-state index is 0.0216. The molecule has 2 rings (SSSR count). The molecule has 0 amide bonds. The van der Waals surface area contributed by atoms with Gasteiger partial charge in [-0.25, -0.2) is 0 Å². The van der Waals surface area contributed by atoms with Gasteiger partial charge in [0.25, 0.3) is 0 Å². The molecule has 0 bridgehead atoms. The Bertz CT molecular complexity index is 707. The number of hydrogen-bond donors (Lipinski definition) is 1. The van der Waals surface area contributed by atoms with Crippen molar-refractivity contribution in [3.05, 3.63) is 56.8 Å². The second kappa shape index (κ2) is 7.14. The minimum Gasteiger partial charge on any atom is -0.507 e. The molecule has 1 heterocycles. The van der Waals surface area contributed by atoms with Crippen molar-refractivity contribution < 1.29 is 9.90 Å². The maximum atomic E-state index is 12.2. The summed E-state index contributed by atoms with van der Waals surface area (Å²) in [5.41, 5.74) is 3.92. The summed E-state index contributed by atoms with van der Waals surface area (Å²) in [4.78, 5) is 13.0. The Morgan fingerprint density at radius 3 is 2.09 bits per heavy atom. The Morgan fingerprint density at radius 2 is 1.65 bits per heavy atom. The van der Waals surface area contributed by atoms with E-state index in [-0.39, 0.29) is 17.6 Å². The highest BCUT2D eigenvalue weighted by molar-refractivity contribution is 7.12. The van der Waals surface area contributed by atoms with Crippen LogP contribution in [0.2, 0.25) is 0 Å². The number of aryl methyl sites for hydroxylation is 1. The van der Waals surface area contributed by atoms with Gasteiger partial charge in [-0.3, -0.25) is 4.79 Å². The first-order valence-corrected chi connectivity index (χ1v) is 8.82. The van der Waals surface area contributed by atoms with Crippen molar-refractivity contribution in [1.29, 1.82) is 0 Å². The second-order valence-electron chi connectivity index (χ2n) is 6.54. The van der Waals surface area contributed by atoms with Gasteiger partial charge in [0.15, 0.2) is 5.78 Å². The van der Waals surface area contributed by atoms with Gasteiger partial charge in [-0.15, -0.1) is 11.3 Å². The number of phenols is 1. The van der Waals surface area contributed by atoms with Crippen molar-refractivity contribution in [3.63, 3.8) is 0 Å². The van der Waals surface area contributed by atoms with Gasteiger partial charge in [0, 0.05) is 0 Å². The lowest BCUT2D eigenvalue weighted by Gasteiger charge is -2.16. The van der Waals surface area contributed by atoms with E-state index in [0.29, 0.717) is 5.75 Å². The van der Waals surface area contributed by atoms with E-state index >= 15 is 0 Å². The lowest BCUT2D eigenvalue weighted by molar-refractivity contribution is 0.105. The third-order valence-corrected chi connectivity index (χ3v) is 4.90. The van der Waals surface area contributed by atoms with Crippen LogP contribution in [-0.2, 0) is 0 Å². The number of rotatable bonds is 5. The predicted octanol–water partition coefficient (Wildman–Crippen LogP) is 5.91. The fraction of sp³-hybridized carbons (Fsp3) is 0.350. The van der Waals surface area contributed by atoms with Gasteiger partial charge in [0.05, 0.1) is 4.88 Å². The molecule has 2 aromatic rings. The van der Waals surface area contributed by atoms with Crippen molar-refractivity contribution in [1.82, 2.24) is 0 Å². The Balaban J connectivity index is 2.35. The number of carbonyl (C=O) groups excluding carboxylic acids is 1. The van der Waals surface area contributed by atoms with Gasteiger partial charge in [0.2, 0.25) is 0 Å². The van der Waals surface area contributed by atoms with Gasteiger partial charge >= 0.3 is 0 Å². The highest BCUT2D eigenvalue weighted by Crippen LogP contribution is 2.35. The van der Waals surface area contributed by atoms with Gasteiger partial charge in [-0.2, -0.15) is 0 Å². The Hall–Kier alpha value is -1.87. The zero-order chi connectivity index (χ0) is 17.1. The van der Waals surface area contributed by atoms with Crippen LogP contribution < -0.4 is 0 Å². The van der Waals surface area contributed by atoms with E-state index in [1.807, 2.05) is 36.6 Å². The van der Waals surface area contributed by atoms with Gasteiger partial charge in [-0.1, -0.05) is 33.8 Å². The molecule has 0 atom stereocenters. The summed E-state index contributed by atoms with van der Waals surface area (Å²) in [7, 11) is 0. The summed E-state index contributed by atoms with van der Waals surface area (Å²) >= 11 is 1.47. The minimum atomic E-state index is 0.0216. The van der Waals surface area contributed by atoms with E-state index in [1.54, 1.807) is 6.08 Å². The fourth-order valence-corrected chi connectivity index (χ4v) is 3.31. The van der Waals surface area contributed by atoms with Gasteiger partial charge < -0.3 is 5.11 Å². The predicted molar refractivity (Wildman–Crippen MR) is 98.7 cm³/mol. The molecule has 1 aromatic heterocycles. The van der Waals surface area contributed by atoms with Crippen molar-refractivity contribution in [2.24, 2.45) is 0 Å². The van der Waals surface area contributed by atoms with Crippen LogP contribution in [0.15, 0.2) is 29.7 Å². The van der Waals surface area contributed by atoms with E-state index in [0.717, 1.165) is 27.1 Å². The Labute approximate surface area is 142 Å². The molecule has 3 heteroatoms. The molecule has 2 nitrogen and oxygen atoms in total. The number of thiophene rings is 1. The average Bonchev–Trinajstić information content (AvgIpc) is 2.91. The summed E-state index contributed by atoms with van der Waals surface area (Å²) in [6.45, 7) is 10.2. The summed E-state index contributed by atoms with van der Waals surface area (Å²) in [5.74, 6) is 0.869. The highest BCUT2D eigenvalue weighted by Gasteiger charge is 2.14. The molecule has 0 spiro atoms. The Morgan fingerprint density at radius 1 is 1.09 bits per heavy atom. The van der Waals surface area contributed by atoms with E-state index in [9.17, 15) is 9.90 Å². The molecule has 0 saturated carbocycles. The van der Waals surface area contributed by atoms with Crippen molar-refractivity contribution in [2.45, 2.75) is 46.5 Å². The maximum Gasteiger partial charge on any atom is 0.195 e. The number of benzene rings is 1. The molecule has 1 N–H and O–H groups in total. The van der Waals surface area contributed by atoms with Crippen LogP contribution in [0, 0.1) is 6.92 Å². The zero-order valence-corrected chi connectivity index (χ0v) is 15.2. The number of allylic oxidation sites excluding steroid dienone is 1. The monoisotopic (exact) mass is 328 g/mol. The van der Waals surface area contributed by atoms with Gasteiger partial charge in [0.1, 0.15) is 5.75 Å². The number of phenolic OH excluding ortho intramolecular Hbond substituents is 1. The third-order valence-electron chi connectivity index (χ3n) is 3.84. The molecule has 0 aliphatic heterocycles. The van der Waals surface area contributed by atoms with Crippen molar-refractivity contribution >= 4 is 23.2 Å². The number of carbonyl (C=O) groups is 1. The quantitative estimate of drug-likeness (QED) is 0.547. The lowest BCUT2D eigenvalue weighted by Crippen LogP contribution is -1.97. The molecule has 0 fully saturated rings. The molecule has 0 unspecified atom stereocenters. The maximum absolute atomic E-state index is 12.2. The van der Waals surface area contributed by atoms with Crippen LogP contribution in [0.25, 0.3) is 6.08 Å². The first-order chi connectivity index (χ1) is 10.8. The zero-order valence-electron chi connectivity index (χ0n) is 14.4. The molecular formula is C20H24O2S. The molecule has 1 aromatic carbocycles. The molecule has 0 aliphatic carbocycles. The van der Waals surface area contributed by atoms with Crippen LogP contribution in [-0.4, -0.2) is 10.9 Å². The van der Waals surface area contributed by atoms with Crippen LogP contribution >= 0.6 is 11.3 Å². The average molecular weight is 328 g/mol. The molecule has 23 heavy (non-hydrogen) atoms. The second-order valence-corrected chi connectivity index (χ2v) is 7.45. The van der Waals surface area contributed by atoms with Crippen molar-refractivity contribution in [2.75, 3.05) is 0 Å². The summed E-state index contributed by atoms with van der Waals surface area (Å²) in [5, 5.41) is 12.4. The van der Waals surface area contributed by atoms with Crippen LogP contribution in [0.4, 0.5) is 0 Å². The number of aromatic hydroxyl groups is 1. The van der Waals surface area contributed by atoms with E-state index < -0.39 is 0 Å². The molecule has 0 aliphatic rings. The van der Waals surface area contributed by atoms with Gasteiger partial charge in [-0.05, 0) is 70.7 Å². The van der Waals surface area contributed by atoms with E-state index in [4.69, 9.17) is 0 Å². The first-order valence-electron chi connectivity index (χ1n) is 7.94. The fourth-order valence-electron chi connectivity index (χ4n) is 2.50. The topological polar surface area (TPSA) is 37.3 Å². The highest BCUT2D eigenvalue weighted by atomic mass is 32.1. The molecular weight excluding hydrogens is 304 g/mol. The smallest absolute Gasteiger partial charge is 0.195 e. The third kappa shape index (κ3) is 4.11. The van der Waals surface area contributed by atoms with E-state index in [1.165, 1.54) is 11.3 Å². The number of hydrogen-bond acceptors (Lipinski definition) is 3.